The third kappa shape index (κ3) is 2.85. The van der Waals surface area contributed by atoms with E-state index in [0.717, 1.165) is 22.0 Å². The van der Waals surface area contributed by atoms with E-state index in [9.17, 15) is 4.79 Å². The van der Waals surface area contributed by atoms with E-state index in [4.69, 9.17) is 0 Å². The zero-order valence-corrected chi connectivity index (χ0v) is 11.8. The van der Waals surface area contributed by atoms with E-state index < -0.39 is 0 Å². The molecule has 2 aromatic rings. The molecule has 1 aromatic heterocycles. The van der Waals surface area contributed by atoms with Crippen LogP contribution in [0.2, 0.25) is 0 Å². The number of aliphatic imine (C=N–C) groups is 1. The lowest BCUT2D eigenvalue weighted by Gasteiger charge is -1.99. The predicted octanol–water partition coefficient (Wildman–Crippen LogP) is 2.97. The number of nitrogens with zero attached hydrogens (tertiary/aromatic N) is 2. The number of carbonyl (C=O) groups excluding carboxylic acids is 1. The van der Waals surface area contributed by atoms with Crippen molar-refractivity contribution in [1.29, 1.82) is 0 Å². The van der Waals surface area contributed by atoms with Crippen molar-refractivity contribution in [2.24, 2.45) is 4.99 Å². The summed E-state index contributed by atoms with van der Waals surface area (Å²) in [6, 6.07) is 7.86. The molecule has 1 aliphatic heterocycles. The topological polar surface area (TPSA) is 54.4 Å². The Kier molecular flexibility index (Phi) is 3.35. The Bertz CT molecular complexity index is 646. The third-order valence-electron chi connectivity index (χ3n) is 2.60. The van der Waals surface area contributed by atoms with Crippen molar-refractivity contribution in [2.75, 3.05) is 5.75 Å². The van der Waals surface area contributed by atoms with Crippen molar-refractivity contribution < 1.29 is 4.79 Å². The van der Waals surface area contributed by atoms with Gasteiger partial charge in [0.25, 0.3) is 0 Å². The number of amidine groups is 1. The molecule has 0 unspecified atom stereocenters. The van der Waals surface area contributed by atoms with Gasteiger partial charge in [0.1, 0.15) is 0 Å². The Labute approximate surface area is 119 Å². The highest BCUT2D eigenvalue weighted by Gasteiger charge is 2.16. The van der Waals surface area contributed by atoms with E-state index in [-0.39, 0.29) is 5.91 Å². The highest BCUT2D eigenvalue weighted by atomic mass is 32.2. The van der Waals surface area contributed by atoms with Crippen LogP contribution in [0.5, 0.6) is 0 Å². The Hall–Kier alpha value is -1.66. The van der Waals surface area contributed by atoms with Crippen molar-refractivity contribution in [3.63, 3.8) is 0 Å². The van der Waals surface area contributed by atoms with Gasteiger partial charge in [-0.2, -0.15) is 0 Å². The maximum Gasteiger partial charge on any atom is 0.236 e. The lowest BCUT2D eigenvalue weighted by atomic mass is 10.1. The van der Waals surface area contributed by atoms with Crippen LogP contribution in [-0.4, -0.2) is 21.8 Å². The summed E-state index contributed by atoms with van der Waals surface area (Å²) in [6.07, 6.45) is 0. The fourth-order valence-corrected chi connectivity index (χ4v) is 3.02. The van der Waals surface area contributed by atoms with Crippen LogP contribution in [0.25, 0.3) is 11.3 Å². The van der Waals surface area contributed by atoms with Gasteiger partial charge in [0.2, 0.25) is 5.91 Å². The van der Waals surface area contributed by atoms with E-state index >= 15 is 0 Å². The first kappa shape index (κ1) is 12.4. The minimum atomic E-state index is 0.0123. The molecule has 0 spiro atoms. The van der Waals surface area contributed by atoms with Crippen LogP contribution in [0.15, 0.2) is 34.6 Å². The highest BCUT2D eigenvalue weighted by molar-refractivity contribution is 8.15. The van der Waals surface area contributed by atoms with Gasteiger partial charge in [-0.05, 0) is 19.1 Å². The Morgan fingerprint density at radius 3 is 2.68 bits per heavy atom. The van der Waals surface area contributed by atoms with E-state index in [0.29, 0.717) is 10.9 Å². The molecule has 1 fully saturated rings. The van der Waals surface area contributed by atoms with Crippen LogP contribution in [0, 0.1) is 6.92 Å². The molecule has 3 rings (SSSR count). The van der Waals surface area contributed by atoms with Gasteiger partial charge in [0, 0.05) is 10.9 Å². The summed E-state index contributed by atoms with van der Waals surface area (Å²) in [6.45, 7) is 1.99. The van der Waals surface area contributed by atoms with Gasteiger partial charge in [-0.15, -0.1) is 11.3 Å². The quantitative estimate of drug-likeness (QED) is 0.924. The van der Waals surface area contributed by atoms with Crippen LogP contribution in [0.1, 0.15) is 5.01 Å². The molecule has 1 N–H and O–H groups in total. The van der Waals surface area contributed by atoms with Gasteiger partial charge in [0.05, 0.1) is 22.1 Å². The molecule has 4 nitrogen and oxygen atoms in total. The summed E-state index contributed by atoms with van der Waals surface area (Å²) < 4.78 is 0. The Balaban J connectivity index is 1.81. The standard InChI is InChI=1S/C13H11N3OS2/c1-8-14-11(6-18-8)9-2-4-10(5-3-9)15-13-16-12(17)7-19-13/h2-6H,7H2,1H3,(H,15,16,17). The first-order valence-electron chi connectivity index (χ1n) is 5.74. The SMILES string of the molecule is Cc1nc(-c2ccc(N=C3NC(=O)CS3)cc2)cs1. The molecule has 19 heavy (non-hydrogen) atoms. The van der Waals surface area contributed by atoms with Crippen molar-refractivity contribution in [3.05, 3.63) is 34.7 Å². The molecule has 1 amide bonds. The van der Waals surface area contributed by atoms with Crippen molar-refractivity contribution in [2.45, 2.75) is 6.92 Å². The van der Waals surface area contributed by atoms with Gasteiger partial charge in [-0.25, -0.2) is 9.98 Å². The van der Waals surface area contributed by atoms with Gasteiger partial charge >= 0.3 is 0 Å². The first-order chi connectivity index (χ1) is 9.20. The number of hydrogen-bond donors (Lipinski definition) is 1. The normalized spacial score (nSPS) is 16.9. The maximum absolute atomic E-state index is 11.1. The van der Waals surface area contributed by atoms with Crippen LogP contribution >= 0.6 is 23.1 Å². The molecule has 1 saturated heterocycles. The van der Waals surface area contributed by atoms with E-state index in [1.54, 1.807) is 11.3 Å². The number of thiazole rings is 1. The smallest absolute Gasteiger partial charge is 0.236 e. The molecule has 0 saturated carbocycles. The molecule has 2 heterocycles. The lowest BCUT2D eigenvalue weighted by Crippen LogP contribution is -2.19. The highest BCUT2D eigenvalue weighted by Crippen LogP contribution is 2.25. The van der Waals surface area contributed by atoms with Crippen molar-refractivity contribution in [3.8, 4) is 11.3 Å². The average molecular weight is 289 g/mol. The number of hydrogen-bond acceptors (Lipinski definition) is 5. The van der Waals surface area contributed by atoms with Gasteiger partial charge in [-0.3, -0.25) is 4.79 Å². The zero-order chi connectivity index (χ0) is 13.2. The molecular weight excluding hydrogens is 278 g/mol. The van der Waals surface area contributed by atoms with Crippen LogP contribution in [0.3, 0.4) is 0 Å². The third-order valence-corrected chi connectivity index (χ3v) is 4.25. The molecule has 0 atom stereocenters. The number of carbonyl (C=O) groups is 1. The number of nitrogens with one attached hydrogen (secondary N) is 1. The van der Waals surface area contributed by atoms with Crippen molar-refractivity contribution in [1.82, 2.24) is 10.3 Å². The largest absolute Gasteiger partial charge is 0.304 e. The number of amides is 1. The molecule has 6 heteroatoms. The second kappa shape index (κ2) is 5.14. The number of rotatable bonds is 2. The van der Waals surface area contributed by atoms with E-state index in [1.807, 2.05) is 36.6 Å². The first-order valence-corrected chi connectivity index (χ1v) is 7.61. The van der Waals surface area contributed by atoms with Crippen LogP contribution in [0.4, 0.5) is 5.69 Å². The Morgan fingerprint density at radius 2 is 2.11 bits per heavy atom. The van der Waals surface area contributed by atoms with Gasteiger partial charge in [-0.1, -0.05) is 23.9 Å². The van der Waals surface area contributed by atoms with E-state index in [1.165, 1.54) is 11.8 Å². The summed E-state index contributed by atoms with van der Waals surface area (Å²) in [5.74, 6) is 0.466. The Morgan fingerprint density at radius 1 is 1.32 bits per heavy atom. The molecule has 1 aromatic carbocycles. The lowest BCUT2D eigenvalue weighted by molar-refractivity contribution is -0.116. The summed E-state index contributed by atoms with van der Waals surface area (Å²) in [5.41, 5.74) is 2.90. The summed E-state index contributed by atoms with van der Waals surface area (Å²) in [7, 11) is 0. The fourth-order valence-electron chi connectivity index (χ4n) is 1.71. The van der Waals surface area contributed by atoms with Gasteiger partial charge in [0.15, 0.2) is 5.17 Å². The molecular formula is C13H11N3OS2. The molecule has 96 valence electrons. The van der Waals surface area contributed by atoms with Crippen LogP contribution < -0.4 is 5.32 Å². The minimum Gasteiger partial charge on any atom is -0.304 e. The molecule has 0 bridgehead atoms. The van der Waals surface area contributed by atoms with Gasteiger partial charge < -0.3 is 5.32 Å². The summed E-state index contributed by atoms with van der Waals surface area (Å²) >= 11 is 3.07. The fraction of sp³-hybridized carbons (Fsp3) is 0.154. The molecule has 1 aliphatic rings. The average Bonchev–Trinajstić information content (AvgIpc) is 3.00. The minimum absolute atomic E-state index is 0.0123. The number of benzene rings is 1. The second-order valence-corrected chi connectivity index (χ2v) is 6.08. The van der Waals surface area contributed by atoms with Crippen molar-refractivity contribution >= 4 is 39.9 Å². The number of aryl methyl sites for hydroxylation is 1. The predicted molar refractivity (Wildman–Crippen MR) is 80.0 cm³/mol. The number of thioether (sulfide) groups is 1. The second-order valence-electron chi connectivity index (χ2n) is 4.05. The molecule has 0 aliphatic carbocycles. The summed E-state index contributed by atoms with van der Waals surface area (Å²) in [5, 5.41) is 6.49. The monoisotopic (exact) mass is 289 g/mol. The zero-order valence-electron chi connectivity index (χ0n) is 10.2. The molecule has 0 radical (unpaired) electrons. The van der Waals surface area contributed by atoms with Crippen LogP contribution in [-0.2, 0) is 4.79 Å². The van der Waals surface area contributed by atoms with E-state index in [2.05, 4.69) is 15.3 Å². The number of aromatic nitrogens is 1. The summed E-state index contributed by atoms with van der Waals surface area (Å²) in [4.78, 5) is 19.9. The maximum atomic E-state index is 11.1.